The van der Waals surface area contributed by atoms with Crippen molar-refractivity contribution in [3.8, 4) is 5.75 Å². The zero-order valence-corrected chi connectivity index (χ0v) is 22.8. The first kappa shape index (κ1) is 34.0. The molecule has 0 saturated carbocycles. The Hall–Kier alpha value is -4.19. The maximum Gasteiger partial charge on any atom is 0.328 e. The number of hydrogen-bond donors (Lipinski definition) is 3. The van der Waals surface area contributed by atoms with Gasteiger partial charge in [0.2, 0.25) is 0 Å². The van der Waals surface area contributed by atoms with Crippen LogP contribution in [0.3, 0.4) is 0 Å². The van der Waals surface area contributed by atoms with Crippen molar-refractivity contribution in [1.29, 1.82) is 0 Å². The maximum absolute atomic E-state index is 13.5. The molecule has 0 atom stereocenters. The molecule has 0 radical (unpaired) electrons. The number of aliphatic carboxylic acids is 2. The second kappa shape index (κ2) is 16.3. The van der Waals surface area contributed by atoms with Crippen LogP contribution in [0.15, 0.2) is 84.9 Å². The third-order valence-electron chi connectivity index (χ3n) is 6.82. The number of benzene rings is 3. The van der Waals surface area contributed by atoms with E-state index in [1.807, 2.05) is 0 Å². The highest BCUT2D eigenvalue weighted by atomic mass is 19.1. The van der Waals surface area contributed by atoms with Gasteiger partial charge in [-0.15, -0.1) is 0 Å². The molecule has 1 heterocycles. The SMILES string of the molecule is O.O=C(O)C=CC(=O)O.OC(c1ccc(F)cc1)(c1ccc(F)cc1)C1CCN(CCCOc2ccc(F)cc2)CC1. The van der Waals surface area contributed by atoms with Crippen molar-refractivity contribution in [3.63, 3.8) is 0 Å². The molecule has 1 fully saturated rings. The summed E-state index contributed by atoms with van der Waals surface area (Å²) in [5.74, 6) is -2.96. The Morgan fingerprint density at radius 1 is 0.786 bits per heavy atom. The predicted octanol–water partition coefficient (Wildman–Crippen LogP) is 4.41. The van der Waals surface area contributed by atoms with E-state index in [1.54, 1.807) is 36.4 Å². The normalized spacial score (nSPS) is 14.0. The maximum atomic E-state index is 13.5. The van der Waals surface area contributed by atoms with Crippen molar-refractivity contribution >= 4 is 11.9 Å². The van der Waals surface area contributed by atoms with Crippen LogP contribution >= 0.6 is 0 Å². The van der Waals surface area contributed by atoms with Gasteiger partial charge in [-0.25, -0.2) is 22.8 Å². The van der Waals surface area contributed by atoms with Crippen LogP contribution in [0.1, 0.15) is 30.4 Å². The van der Waals surface area contributed by atoms with Crippen LogP contribution in [0.4, 0.5) is 13.2 Å². The van der Waals surface area contributed by atoms with E-state index in [0.717, 1.165) is 38.9 Å². The second-order valence-corrected chi connectivity index (χ2v) is 9.56. The Balaban J connectivity index is 0.000000603. The first-order valence-corrected chi connectivity index (χ1v) is 13.1. The zero-order valence-electron chi connectivity index (χ0n) is 22.8. The summed E-state index contributed by atoms with van der Waals surface area (Å²) >= 11 is 0. The average Bonchev–Trinajstić information content (AvgIpc) is 2.96. The molecule has 4 rings (SSSR count). The third-order valence-corrected chi connectivity index (χ3v) is 6.82. The van der Waals surface area contributed by atoms with Crippen molar-refractivity contribution in [1.82, 2.24) is 4.90 Å². The van der Waals surface area contributed by atoms with Gasteiger partial charge in [-0.1, -0.05) is 24.3 Å². The zero-order chi connectivity index (χ0) is 29.8. The van der Waals surface area contributed by atoms with Gasteiger partial charge in [0, 0.05) is 18.7 Å². The second-order valence-electron chi connectivity index (χ2n) is 9.56. The van der Waals surface area contributed by atoms with Gasteiger partial charge in [-0.05, 0) is 97.9 Å². The Morgan fingerprint density at radius 2 is 1.19 bits per heavy atom. The van der Waals surface area contributed by atoms with Gasteiger partial charge in [0.15, 0.2) is 0 Å². The summed E-state index contributed by atoms with van der Waals surface area (Å²) in [7, 11) is 0. The van der Waals surface area contributed by atoms with Crippen LogP contribution < -0.4 is 4.74 Å². The van der Waals surface area contributed by atoms with Crippen molar-refractivity contribution in [2.45, 2.75) is 24.9 Å². The number of carboxylic acid groups (broad SMARTS) is 2. The number of carboxylic acids is 2. The topological polar surface area (TPSA) is 139 Å². The van der Waals surface area contributed by atoms with Gasteiger partial charge in [0.05, 0.1) is 6.61 Å². The first-order chi connectivity index (χ1) is 19.6. The number of nitrogens with zero attached hydrogens (tertiary/aromatic N) is 1. The third kappa shape index (κ3) is 10.0. The monoisotopic (exact) mass is 589 g/mol. The molecule has 1 aliphatic rings. The van der Waals surface area contributed by atoms with Crippen molar-refractivity contribution in [3.05, 3.63) is 114 Å². The number of likely N-dealkylation sites (tertiary alicyclic amines) is 1. The summed E-state index contributed by atoms with van der Waals surface area (Å²) in [6, 6.07) is 17.8. The number of ether oxygens (including phenoxy) is 1. The molecule has 11 heteroatoms. The fourth-order valence-electron chi connectivity index (χ4n) is 4.77. The molecule has 1 saturated heterocycles. The molecule has 0 unspecified atom stereocenters. The van der Waals surface area contributed by atoms with Crippen molar-refractivity contribution in [2.75, 3.05) is 26.2 Å². The smallest absolute Gasteiger partial charge is 0.328 e. The minimum atomic E-state index is -1.32. The van der Waals surface area contributed by atoms with E-state index < -0.39 is 17.5 Å². The number of carbonyl (C=O) groups is 2. The summed E-state index contributed by atoms with van der Waals surface area (Å²) in [6.45, 7) is 3.03. The van der Waals surface area contributed by atoms with E-state index >= 15 is 0 Å². The highest BCUT2D eigenvalue weighted by molar-refractivity contribution is 5.89. The Kier molecular flexibility index (Phi) is 13.2. The standard InChI is InChI=1S/C27H28F3NO2.C4H4O4.H2O/c28-23-6-2-20(3-7-23)27(32,21-4-8-24(29)9-5-21)22-14-17-31(18-15-22)16-1-19-33-26-12-10-25(30)11-13-26;5-3(6)1-2-4(7)8;/h2-13,22,32H,1,14-19H2;1-2H,(H,5,6)(H,7,8);1H2. The van der Waals surface area contributed by atoms with Crippen LogP contribution in [-0.2, 0) is 15.2 Å². The molecule has 3 aromatic rings. The van der Waals surface area contributed by atoms with E-state index in [2.05, 4.69) is 4.90 Å². The molecule has 226 valence electrons. The number of halogens is 3. The van der Waals surface area contributed by atoms with Crippen LogP contribution in [0.5, 0.6) is 5.75 Å². The molecule has 3 aromatic carbocycles. The van der Waals surface area contributed by atoms with Gasteiger partial charge < -0.3 is 30.4 Å². The largest absolute Gasteiger partial charge is 0.494 e. The molecular weight excluding hydrogens is 555 g/mol. The van der Waals surface area contributed by atoms with Crippen LogP contribution in [0.2, 0.25) is 0 Å². The summed E-state index contributed by atoms with van der Waals surface area (Å²) in [4.78, 5) is 21.4. The van der Waals surface area contributed by atoms with Gasteiger partial charge in [0.1, 0.15) is 28.8 Å². The van der Waals surface area contributed by atoms with Gasteiger partial charge in [-0.2, -0.15) is 0 Å². The predicted molar refractivity (Wildman–Crippen MR) is 150 cm³/mol. The summed E-state index contributed by atoms with van der Waals surface area (Å²) in [6.07, 6.45) is 3.46. The lowest BCUT2D eigenvalue weighted by Crippen LogP contribution is -2.44. The van der Waals surface area contributed by atoms with E-state index in [9.17, 15) is 27.9 Å². The number of aliphatic hydroxyl groups is 1. The van der Waals surface area contributed by atoms with Gasteiger partial charge in [-0.3, -0.25) is 0 Å². The number of rotatable bonds is 10. The highest BCUT2D eigenvalue weighted by Gasteiger charge is 2.41. The van der Waals surface area contributed by atoms with Crippen LogP contribution in [-0.4, -0.2) is 63.9 Å². The van der Waals surface area contributed by atoms with E-state index in [1.165, 1.54) is 36.4 Å². The van der Waals surface area contributed by atoms with E-state index in [-0.39, 0.29) is 28.8 Å². The van der Waals surface area contributed by atoms with E-state index in [0.29, 0.717) is 35.6 Å². The molecule has 0 amide bonds. The van der Waals surface area contributed by atoms with Gasteiger partial charge >= 0.3 is 11.9 Å². The lowest BCUT2D eigenvalue weighted by Gasteiger charge is -2.42. The highest BCUT2D eigenvalue weighted by Crippen LogP contribution is 2.42. The Bertz CT molecular complexity index is 1230. The lowest BCUT2D eigenvalue weighted by molar-refractivity contribution is -0.134. The molecular formula is C31H34F3NO7. The fraction of sp³-hybridized carbons (Fsp3) is 0.290. The fourth-order valence-corrected chi connectivity index (χ4v) is 4.77. The van der Waals surface area contributed by atoms with Crippen LogP contribution in [0, 0.1) is 23.4 Å². The minimum absolute atomic E-state index is 0. The molecule has 0 bridgehead atoms. The average molecular weight is 590 g/mol. The first-order valence-electron chi connectivity index (χ1n) is 13.1. The quantitative estimate of drug-likeness (QED) is 0.235. The minimum Gasteiger partial charge on any atom is -0.494 e. The Morgan fingerprint density at radius 3 is 1.60 bits per heavy atom. The summed E-state index contributed by atoms with van der Waals surface area (Å²) in [5, 5.41) is 27.5. The molecule has 5 N–H and O–H groups in total. The number of hydrogen-bond acceptors (Lipinski definition) is 5. The molecule has 0 aromatic heterocycles. The Labute approximate surface area is 241 Å². The number of piperidine rings is 1. The summed E-state index contributed by atoms with van der Waals surface area (Å²) < 4.78 is 45.7. The van der Waals surface area contributed by atoms with E-state index in [4.69, 9.17) is 14.9 Å². The molecule has 8 nitrogen and oxygen atoms in total. The molecule has 42 heavy (non-hydrogen) atoms. The molecule has 0 aliphatic carbocycles. The van der Waals surface area contributed by atoms with Crippen molar-refractivity contribution < 1.29 is 48.3 Å². The van der Waals surface area contributed by atoms with Crippen LogP contribution in [0.25, 0.3) is 0 Å². The molecule has 0 spiro atoms. The lowest BCUT2D eigenvalue weighted by atomic mass is 9.72. The van der Waals surface area contributed by atoms with Crippen molar-refractivity contribution in [2.24, 2.45) is 5.92 Å². The summed E-state index contributed by atoms with van der Waals surface area (Å²) in [5.41, 5.74) is -0.0950. The van der Waals surface area contributed by atoms with Gasteiger partial charge in [0.25, 0.3) is 0 Å². The molecule has 1 aliphatic heterocycles.